The summed E-state index contributed by atoms with van der Waals surface area (Å²) in [5.41, 5.74) is 1.82. The van der Waals surface area contributed by atoms with Gasteiger partial charge < -0.3 is 4.74 Å². The third kappa shape index (κ3) is 2.37. The molecule has 0 radical (unpaired) electrons. The molecule has 0 spiro atoms. The maximum absolute atomic E-state index is 11.5. The Hall–Kier alpha value is -1.90. The van der Waals surface area contributed by atoms with Crippen molar-refractivity contribution in [2.75, 3.05) is 6.61 Å². The van der Waals surface area contributed by atoms with Crippen molar-refractivity contribution in [1.29, 1.82) is 0 Å². The van der Waals surface area contributed by atoms with E-state index in [4.69, 9.17) is 4.74 Å². The van der Waals surface area contributed by atoms with E-state index in [1.54, 1.807) is 6.08 Å². The van der Waals surface area contributed by atoms with Crippen LogP contribution in [0.15, 0.2) is 48.0 Å². The van der Waals surface area contributed by atoms with Crippen LogP contribution in [0.25, 0.3) is 0 Å². The van der Waals surface area contributed by atoms with Crippen molar-refractivity contribution in [3.8, 4) is 0 Å². The Morgan fingerprint density at radius 1 is 1.44 bits per heavy atom. The van der Waals surface area contributed by atoms with Crippen molar-refractivity contribution in [3.63, 3.8) is 0 Å². The Morgan fingerprint density at radius 3 is 2.88 bits per heavy atom. The van der Waals surface area contributed by atoms with Gasteiger partial charge in [-0.25, -0.2) is 4.79 Å². The number of hydrogen-bond donors (Lipinski definition) is 0. The summed E-state index contributed by atoms with van der Waals surface area (Å²) in [6.07, 6.45) is 2.40. The fourth-order valence-corrected chi connectivity index (χ4v) is 1.43. The van der Waals surface area contributed by atoms with Gasteiger partial charge in [0.05, 0.1) is 12.3 Å². The normalized spacial score (nSPS) is 17.5. The monoisotopic (exact) mass is 215 g/mol. The van der Waals surface area contributed by atoms with Gasteiger partial charge in [0.25, 0.3) is 0 Å². The van der Waals surface area contributed by atoms with E-state index in [9.17, 15) is 4.79 Å². The molecule has 1 aromatic rings. The predicted octanol–water partition coefficient (Wildman–Crippen LogP) is 1.98. The van der Waals surface area contributed by atoms with Gasteiger partial charge in [-0.15, -0.1) is 6.58 Å². The standard InChI is InChI=1S/C13H13NO2/c1-2-3-9-16-13(15)12-11(14-12)10-7-5-4-6-8-10/h2,4-8,12H,1,3,9H2. The lowest BCUT2D eigenvalue weighted by atomic mass is 10.1. The quantitative estimate of drug-likeness (QED) is 0.428. The summed E-state index contributed by atoms with van der Waals surface area (Å²) >= 11 is 0. The van der Waals surface area contributed by atoms with Gasteiger partial charge in [0, 0.05) is 0 Å². The summed E-state index contributed by atoms with van der Waals surface area (Å²) in [4.78, 5) is 15.6. The first kappa shape index (κ1) is 10.6. The van der Waals surface area contributed by atoms with E-state index in [1.807, 2.05) is 30.3 Å². The van der Waals surface area contributed by atoms with E-state index in [0.29, 0.717) is 13.0 Å². The van der Waals surface area contributed by atoms with Gasteiger partial charge >= 0.3 is 5.97 Å². The molecule has 1 heterocycles. The van der Waals surface area contributed by atoms with Crippen LogP contribution < -0.4 is 0 Å². The number of benzene rings is 1. The number of esters is 1. The highest BCUT2D eigenvalue weighted by Gasteiger charge is 2.37. The Bertz CT molecular complexity index is 423. The van der Waals surface area contributed by atoms with E-state index in [1.165, 1.54) is 0 Å². The number of carbonyl (C=O) groups excluding carboxylic acids is 1. The zero-order valence-electron chi connectivity index (χ0n) is 8.93. The highest BCUT2D eigenvalue weighted by molar-refractivity contribution is 6.24. The number of aliphatic imine (C=N–C) groups is 1. The molecule has 0 bridgehead atoms. The molecule has 1 aliphatic heterocycles. The van der Waals surface area contributed by atoms with Crippen LogP contribution in [0.4, 0.5) is 0 Å². The highest BCUT2D eigenvalue weighted by Crippen LogP contribution is 2.20. The lowest BCUT2D eigenvalue weighted by Gasteiger charge is -2.00. The molecule has 16 heavy (non-hydrogen) atoms. The van der Waals surface area contributed by atoms with Gasteiger partial charge in [0.1, 0.15) is 0 Å². The predicted molar refractivity (Wildman–Crippen MR) is 62.5 cm³/mol. The minimum Gasteiger partial charge on any atom is -0.463 e. The van der Waals surface area contributed by atoms with E-state index in [0.717, 1.165) is 11.3 Å². The van der Waals surface area contributed by atoms with Crippen molar-refractivity contribution >= 4 is 11.7 Å². The smallest absolute Gasteiger partial charge is 0.337 e. The molecule has 3 nitrogen and oxygen atoms in total. The first-order valence-electron chi connectivity index (χ1n) is 5.23. The maximum Gasteiger partial charge on any atom is 0.337 e. The van der Waals surface area contributed by atoms with Gasteiger partial charge in [-0.2, -0.15) is 0 Å². The molecule has 0 aliphatic carbocycles. The second-order valence-electron chi connectivity index (χ2n) is 3.53. The summed E-state index contributed by atoms with van der Waals surface area (Å²) in [7, 11) is 0. The number of nitrogens with zero attached hydrogens (tertiary/aromatic N) is 1. The maximum atomic E-state index is 11.5. The molecule has 1 atom stereocenters. The van der Waals surface area contributed by atoms with E-state index in [-0.39, 0.29) is 12.0 Å². The van der Waals surface area contributed by atoms with E-state index in [2.05, 4.69) is 11.6 Å². The second kappa shape index (κ2) is 4.75. The molecule has 0 saturated heterocycles. The summed E-state index contributed by atoms with van der Waals surface area (Å²) in [6, 6.07) is 9.29. The summed E-state index contributed by atoms with van der Waals surface area (Å²) < 4.78 is 5.03. The van der Waals surface area contributed by atoms with Crippen molar-refractivity contribution in [2.45, 2.75) is 12.5 Å². The lowest BCUT2D eigenvalue weighted by Crippen LogP contribution is -2.17. The highest BCUT2D eigenvalue weighted by atomic mass is 16.5. The van der Waals surface area contributed by atoms with Crippen LogP contribution >= 0.6 is 0 Å². The average Bonchev–Trinajstić information content (AvgIpc) is 3.10. The van der Waals surface area contributed by atoms with Crippen molar-refractivity contribution in [1.82, 2.24) is 0 Å². The molecule has 0 N–H and O–H groups in total. The molecule has 1 aromatic carbocycles. The van der Waals surface area contributed by atoms with Crippen molar-refractivity contribution in [2.24, 2.45) is 4.99 Å². The number of hydrogen-bond acceptors (Lipinski definition) is 3. The van der Waals surface area contributed by atoms with Gasteiger partial charge in [-0.1, -0.05) is 36.4 Å². The Morgan fingerprint density at radius 2 is 2.19 bits per heavy atom. The van der Waals surface area contributed by atoms with Crippen LogP contribution in [0.3, 0.4) is 0 Å². The van der Waals surface area contributed by atoms with Gasteiger partial charge in [-0.3, -0.25) is 4.99 Å². The third-order valence-corrected chi connectivity index (χ3v) is 2.32. The molecule has 0 saturated carbocycles. The van der Waals surface area contributed by atoms with Crippen LogP contribution in [0.1, 0.15) is 12.0 Å². The molecule has 1 unspecified atom stereocenters. The Balaban J connectivity index is 1.84. The average molecular weight is 215 g/mol. The number of rotatable bonds is 5. The van der Waals surface area contributed by atoms with E-state index >= 15 is 0 Å². The SMILES string of the molecule is C=CCCOC(=O)C1N=C1c1ccccc1. The molecular weight excluding hydrogens is 202 g/mol. The largest absolute Gasteiger partial charge is 0.463 e. The van der Waals surface area contributed by atoms with Crippen LogP contribution in [-0.2, 0) is 9.53 Å². The zero-order chi connectivity index (χ0) is 11.4. The summed E-state index contributed by atoms with van der Waals surface area (Å²) in [6.45, 7) is 3.95. The zero-order valence-corrected chi connectivity index (χ0v) is 8.93. The van der Waals surface area contributed by atoms with Crippen LogP contribution in [0.5, 0.6) is 0 Å². The number of ether oxygens (including phenoxy) is 1. The summed E-state index contributed by atoms with van der Waals surface area (Å²) in [5, 5.41) is 0. The molecule has 3 heteroatoms. The molecule has 2 rings (SSSR count). The fourth-order valence-electron chi connectivity index (χ4n) is 1.43. The molecule has 1 aliphatic rings. The van der Waals surface area contributed by atoms with E-state index < -0.39 is 0 Å². The van der Waals surface area contributed by atoms with Gasteiger partial charge in [0.2, 0.25) is 0 Å². The fraction of sp³-hybridized carbons (Fsp3) is 0.231. The van der Waals surface area contributed by atoms with Crippen LogP contribution in [-0.4, -0.2) is 24.3 Å². The van der Waals surface area contributed by atoms with Crippen LogP contribution in [0, 0.1) is 0 Å². The molecule has 0 amide bonds. The minimum atomic E-state index is -0.382. The first-order valence-corrected chi connectivity index (χ1v) is 5.23. The lowest BCUT2D eigenvalue weighted by molar-refractivity contribution is -0.142. The van der Waals surface area contributed by atoms with Gasteiger partial charge in [-0.05, 0) is 12.0 Å². The third-order valence-electron chi connectivity index (χ3n) is 2.32. The van der Waals surface area contributed by atoms with Crippen LogP contribution in [0.2, 0.25) is 0 Å². The summed E-state index contributed by atoms with van der Waals surface area (Å²) in [5.74, 6) is -0.263. The number of carbonyl (C=O) groups is 1. The van der Waals surface area contributed by atoms with Gasteiger partial charge in [0.15, 0.2) is 6.04 Å². The second-order valence-corrected chi connectivity index (χ2v) is 3.53. The molecular formula is C13H13NO2. The Labute approximate surface area is 94.5 Å². The minimum absolute atomic E-state index is 0.263. The molecule has 0 fully saturated rings. The molecule has 0 aromatic heterocycles. The van der Waals surface area contributed by atoms with Crippen molar-refractivity contribution in [3.05, 3.63) is 48.6 Å². The first-order chi connectivity index (χ1) is 7.83. The topological polar surface area (TPSA) is 38.7 Å². The molecule has 82 valence electrons. The Kier molecular flexibility index (Phi) is 3.15. The van der Waals surface area contributed by atoms with Crippen molar-refractivity contribution < 1.29 is 9.53 Å².